The van der Waals surface area contributed by atoms with E-state index in [4.69, 9.17) is 0 Å². The molecule has 6 aromatic rings. The Kier molecular flexibility index (Phi) is 16.1. The summed E-state index contributed by atoms with van der Waals surface area (Å²) in [7, 11) is -48.7. The number of hydrogen-bond acceptors (Lipinski definition) is 16. The third-order valence-electron chi connectivity index (χ3n) is 12.6. The predicted octanol–water partition coefficient (Wildman–Crippen LogP) is 3.97. The van der Waals surface area contributed by atoms with Gasteiger partial charge >= 0.3 is 0 Å². The second-order valence-electron chi connectivity index (χ2n) is 17.5. The Labute approximate surface area is 460 Å². The lowest BCUT2D eigenvalue weighted by atomic mass is 9.73. The first-order valence-electron chi connectivity index (χ1n) is 21.9. The van der Waals surface area contributed by atoms with Crippen LogP contribution in [0.1, 0.15) is 17.0 Å². The molecule has 2 aliphatic rings. The summed E-state index contributed by atoms with van der Waals surface area (Å²) in [6.45, 7) is 0. The fraction of sp³-hybridized carbons (Fsp3) is 0.0870. The number of rotatable bonds is 17. The Morgan fingerprint density at radius 2 is 0.812 bits per heavy atom. The molecule has 0 fully saturated rings. The zero-order chi connectivity index (χ0) is 59.1. The first kappa shape index (κ1) is 60.8. The average molecular weight is 1290 g/mol. The maximum Gasteiger partial charge on any atom is 0.295 e. The highest BCUT2D eigenvalue weighted by atomic mass is 32.3. The molecule has 8 N–H and O–H groups in total. The quantitative estimate of drug-likeness (QED) is 0.0473. The molecule has 2 aliphatic carbocycles. The summed E-state index contributed by atoms with van der Waals surface area (Å²) in [6, 6.07) is 23.1. The highest BCUT2D eigenvalue weighted by Gasteiger charge is 2.54. The molecule has 0 bridgehead atoms. The van der Waals surface area contributed by atoms with Crippen LogP contribution in [0.4, 0.5) is 0 Å². The van der Waals surface area contributed by atoms with Gasteiger partial charge in [-0.1, -0.05) is 84.4 Å². The maximum absolute atomic E-state index is 13.7. The van der Waals surface area contributed by atoms with Crippen LogP contribution < -0.4 is 21.2 Å². The van der Waals surface area contributed by atoms with Crippen LogP contribution in [-0.4, -0.2) is 114 Å². The third kappa shape index (κ3) is 12.2. The molecule has 80 heavy (non-hydrogen) atoms. The van der Waals surface area contributed by atoms with E-state index in [1.807, 2.05) is 0 Å². The van der Waals surface area contributed by atoms with Gasteiger partial charge < -0.3 is 0 Å². The number of fused-ring (bicyclic) bond motifs is 2. The summed E-state index contributed by atoms with van der Waals surface area (Å²) in [6.07, 6.45) is 0.203. The molecule has 8 rings (SSSR count). The van der Waals surface area contributed by atoms with Gasteiger partial charge in [0.2, 0.25) is 0 Å². The zero-order valence-electron chi connectivity index (χ0n) is 39.7. The lowest BCUT2D eigenvalue weighted by Crippen LogP contribution is -2.44. The first-order chi connectivity index (χ1) is 36.7. The van der Waals surface area contributed by atoms with E-state index in [1.165, 1.54) is 42.5 Å². The van der Waals surface area contributed by atoms with Crippen LogP contribution >= 0.6 is 15.8 Å². The Morgan fingerprint density at radius 3 is 1.18 bits per heavy atom. The van der Waals surface area contributed by atoms with Gasteiger partial charge in [-0.25, -0.2) is 0 Å². The average Bonchev–Trinajstić information content (AvgIpc) is 3.38. The van der Waals surface area contributed by atoms with Crippen LogP contribution in [0.5, 0.6) is 0 Å². The van der Waals surface area contributed by atoms with Crippen molar-refractivity contribution >= 4 is 129 Å². The van der Waals surface area contributed by atoms with Crippen LogP contribution in [0.25, 0.3) is 10.8 Å². The molecule has 0 heterocycles. The van der Waals surface area contributed by atoms with Gasteiger partial charge in [-0.15, -0.1) is 0 Å². The fourth-order valence-electron chi connectivity index (χ4n) is 9.14. The molecular weight excluding hydrogens is 1250 g/mol. The van der Waals surface area contributed by atoms with E-state index in [1.54, 1.807) is 0 Å². The van der Waals surface area contributed by atoms with Crippen molar-refractivity contribution in [1.82, 2.24) is 0 Å². The molecule has 1 unspecified atom stereocenters. The molecule has 0 radical (unpaired) electrons. The number of benzene rings is 6. The Hall–Kier alpha value is -5.32. The van der Waals surface area contributed by atoms with E-state index >= 15 is 0 Å². The number of allylic oxidation sites excluding steroid dienone is 5. The summed E-state index contributed by atoms with van der Waals surface area (Å²) in [5, 5.41) is -0.955. The van der Waals surface area contributed by atoms with Gasteiger partial charge in [-0.3, -0.25) is 36.4 Å². The Morgan fingerprint density at radius 1 is 0.425 bits per heavy atom. The van der Waals surface area contributed by atoms with Crippen molar-refractivity contribution in [1.29, 1.82) is 0 Å². The van der Waals surface area contributed by atoms with Gasteiger partial charge in [-0.2, -0.15) is 67.3 Å². The van der Waals surface area contributed by atoms with Gasteiger partial charge in [-0.05, 0) is 144 Å². The minimum absolute atomic E-state index is 0.0543. The van der Waals surface area contributed by atoms with Gasteiger partial charge in [0.15, 0.2) is 0 Å². The van der Waals surface area contributed by atoms with Crippen molar-refractivity contribution in [2.24, 2.45) is 0 Å². The van der Waals surface area contributed by atoms with Gasteiger partial charge in [0.25, 0.3) is 85.0 Å². The third-order valence-corrected chi connectivity index (χ3v) is 26.1. The van der Waals surface area contributed by atoms with Crippen molar-refractivity contribution in [2.45, 2.75) is 40.6 Å². The summed E-state index contributed by atoms with van der Waals surface area (Å²) < 4.78 is 289. The fourth-order valence-corrected chi connectivity index (χ4v) is 20.0. The lowest BCUT2D eigenvalue weighted by molar-refractivity contribution is 0.448. The lowest BCUT2D eigenvalue weighted by Gasteiger charge is -2.37. The van der Waals surface area contributed by atoms with Crippen LogP contribution in [0.2, 0.25) is 0 Å². The SMILES string of the molecule is O=S(=O)(O)C1=C2C=CC(S(=O)(=O)O)(S(=O)(=O)O)C=C2C(c2c(CP(c3cccc(S(=O)(=O)O)c3)c3cccc(S(=O)(=O)O)c3)cc(S(=O)(=O)O)c3ccccc23)C(CP(c2cccc(S(=O)(=O)O)c2)c2cccc(S(=O)(=O)O)c2)=C1. The van der Waals surface area contributed by atoms with E-state index < -0.39 is 165 Å². The van der Waals surface area contributed by atoms with Crippen molar-refractivity contribution in [3.8, 4) is 0 Å². The van der Waals surface area contributed by atoms with Gasteiger partial charge in [0, 0.05) is 17.5 Å². The molecular formula is C46H38O24P2S8. The first-order valence-corrected chi connectivity index (χ1v) is 36.4. The molecule has 6 aromatic carbocycles. The van der Waals surface area contributed by atoms with Crippen LogP contribution in [0.3, 0.4) is 0 Å². The second-order valence-corrected chi connectivity index (χ2v) is 33.9. The molecule has 1 atom stereocenters. The normalized spacial score (nSPS) is 16.6. The minimum atomic E-state index is -6.18. The zero-order valence-corrected chi connectivity index (χ0v) is 48.0. The van der Waals surface area contributed by atoms with Crippen molar-refractivity contribution in [2.75, 3.05) is 6.16 Å². The summed E-state index contributed by atoms with van der Waals surface area (Å²) in [5.41, 5.74) is -2.66. The van der Waals surface area contributed by atoms with E-state index in [0.29, 0.717) is 6.08 Å². The molecule has 34 heteroatoms. The molecule has 0 spiro atoms. The smallest absolute Gasteiger partial charge is 0.284 e. The predicted molar refractivity (Wildman–Crippen MR) is 292 cm³/mol. The van der Waals surface area contributed by atoms with E-state index in [-0.39, 0.29) is 55.3 Å². The van der Waals surface area contributed by atoms with E-state index in [2.05, 4.69) is 0 Å². The monoisotopic (exact) mass is 1290 g/mol. The van der Waals surface area contributed by atoms with Crippen LogP contribution in [0.15, 0.2) is 198 Å². The van der Waals surface area contributed by atoms with Crippen LogP contribution in [-0.2, 0) is 87.1 Å². The molecule has 0 saturated heterocycles. The summed E-state index contributed by atoms with van der Waals surface area (Å²) >= 11 is 0. The minimum Gasteiger partial charge on any atom is -0.284 e. The number of hydrogen-bond donors (Lipinski definition) is 8. The van der Waals surface area contributed by atoms with Crippen molar-refractivity contribution in [3.05, 3.63) is 184 Å². The topological polar surface area (TPSA) is 435 Å². The van der Waals surface area contributed by atoms with Crippen LogP contribution in [0, 0.1) is 0 Å². The highest BCUT2D eigenvalue weighted by Crippen LogP contribution is 2.55. The molecule has 0 amide bonds. The molecule has 24 nitrogen and oxygen atoms in total. The Bertz CT molecular complexity index is 4550. The van der Waals surface area contributed by atoms with E-state index in [0.717, 1.165) is 91.0 Å². The molecule has 0 aromatic heterocycles. The van der Waals surface area contributed by atoms with E-state index in [9.17, 15) is 104 Å². The molecule has 424 valence electrons. The second kappa shape index (κ2) is 21.1. The standard InChI is InChI=1S/C46H38O24P2S8/c47-73(48,49)34-11-3-7-30(21-34)71(31-8-4-12-35(22-31)74(50,51)52)26-28-19-42(77(59,60)61)38-15-1-2-16-40(38)44(28)45-29(20-43(78(62,63)64)39-17-18-46(25-41(39)45,79(65,66)67)80(68,69)70)27-72(32-9-5-13-36(23-32)75(53,54)55)33-10-6-14-37(24-33)76(56,57)58/h1-25,45H,26-27H2,(H,47,48,49)(H,50,51,52)(H,53,54,55)(H,56,57,58)(H,59,60,61)(H,62,63,64)(H,65,66,67)(H,68,69,70). The van der Waals surface area contributed by atoms with Gasteiger partial charge in [0.1, 0.15) is 9.80 Å². The molecule has 0 aliphatic heterocycles. The summed E-state index contributed by atoms with van der Waals surface area (Å²) in [4.78, 5) is -5.01. The largest absolute Gasteiger partial charge is 0.295 e. The molecule has 0 saturated carbocycles. The summed E-state index contributed by atoms with van der Waals surface area (Å²) in [5.74, 6) is -2.02. The highest BCUT2D eigenvalue weighted by molar-refractivity contribution is 8.05. The van der Waals surface area contributed by atoms with Gasteiger partial charge in [0.05, 0.1) is 19.6 Å². The van der Waals surface area contributed by atoms with Crippen molar-refractivity contribution < 1.29 is 104 Å². The van der Waals surface area contributed by atoms with Crippen molar-refractivity contribution in [3.63, 3.8) is 0 Å². The Balaban J connectivity index is 1.58. The maximum atomic E-state index is 13.7.